The van der Waals surface area contributed by atoms with Gasteiger partial charge in [0.25, 0.3) is 0 Å². The molecule has 0 radical (unpaired) electrons. The van der Waals surface area contributed by atoms with Crippen LogP contribution in [0, 0.1) is 20.2 Å². The molecule has 22 heavy (non-hydrogen) atoms. The van der Waals surface area contributed by atoms with Crippen molar-refractivity contribution in [1.82, 2.24) is 14.7 Å². The maximum Gasteiger partial charge on any atom is 0.434 e. The summed E-state index contributed by atoms with van der Waals surface area (Å²) in [5.41, 5.74) is 0.255. The van der Waals surface area contributed by atoms with E-state index in [-0.39, 0.29) is 23.9 Å². The Morgan fingerprint density at radius 3 is 2.73 bits per heavy atom. The largest absolute Gasteiger partial charge is 0.434 e. The van der Waals surface area contributed by atoms with Gasteiger partial charge in [0, 0.05) is 6.07 Å². The van der Waals surface area contributed by atoms with E-state index in [4.69, 9.17) is 8.94 Å². The first-order chi connectivity index (χ1) is 10.5. The van der Waals surface area contributed by atoms with Crippen molar-refractivity contribution >= 4 is 11.8 Å². The average molecular weight is 305 g/mol. The summed E-state index contributed by atoms with van der Waals surface area (Å²) < 4.78 is 11.3. The summed E-state index contributed by atoms with van der Waals surface area (Å²) in [4.78, 5) is 23.6. The van der Waals surface area contributed by atoms with Crippen molar-refractivity contribution in [2.24, 2.45) is 0 Å². The van der Waals surface area contributed by atoms with Crippen LogP contribution in [0.25, 0.3) is 11.5 Å². The molecule has 0 spiro atoms. The summed E-state index contributed by atoms with van der Waals surface area (Å²) in [5.74, 6) is -0.256. The molecule has 112 valence electrons. The summed E-state index contributed by atoms with van der Waals surface area (Å²) in [7, 11) is 0. The van der Waals surface area contributed by atoms with Gasteiger partial charge in [-0.1, -0.05) is 10.1 Å². The molecule has 0 unspecified atom stereocenters. The predicted molar refractivity (Wildman–Crippen MR) is 68.8 cm³/mol. The van der Waals surface area contributed by atoms with Crippen molar-refractivity contribution in [3.05, 3.63) is 56.6 Å². The van der Waals surface area contributed by atoms with Crippen LogP contribution in [-0.2, 0) is 6.54 Å². The van der Waals surface area contributed by atoms with Crippen LogP contribution in [0.1, 0.15) is 5.76 Å². The van der Waals surface area contributed by atoms with Crippen molar-refractivity contribution < 1.29 is 18.8 Å². The third-order valence-electron chi connectivity index (χ3n) is 2.77. The Balaban J connectivity index is 1.82. The molecule has 0 aliphatic carbocycles. The van der Waals surface area contributed by atoms with E-state index in [1.165, 1.54) is 35.2 Å². The predicted octanol–water partition coefficient (Wildman–Crippen LogP) is 2.00. The zero-order valence-corrected chi connectivity index (χ0v) is 10.8. The normalized spacial score (nSPS) is 10.7. The van der Waals surface area contributed by atoms with Crippen LogP contribution in [0.4, 0.5) is 11.8 Å². The Labute approximate surface area is 121 Å². The number of imidazole rings is 1. The molecule has 0 aromatic carbocycles. The fourth-order valence-corrected chi connectivity index (χ4v) is 1.83. The second kappa shape index (κ2) is 5.12. The zero-order chi connectivity index (χ0) is 15.7. The lowest BCUT2D eigenvalue weighted by atomic mass is 10.3. The van der Waals surface area contributed by atoms with Gasteiger partial charge in [-0.2, -0.15) is 0 Å². The molecule has 0 saturated heterocycles. The number of rotatable bonds is 5. The Hall–Kier alpha value is -3.50. The first-order valence-electron chi connectivity index (χ1n) is 5.90. The van der Waals surface area contributed by atoms with Gasteiger partial charge in [0.1, 0.15) is 29.6 Å². The van der Waals surface area contributed by atoms with Gasteiger partial charge in [0.15, 0.2) is 11.5 Å². The quantitative estimate of drug-likeness (QED) is 0.514. The van der Waals surface area contributed by atoms with Crippen molar-refractivity contribution in [2.75, 3.05) is 0 Å². The highest BCUT2D eigenvalue weighted by atomic mass is 16.6. The van der Waals surface area contributed by atoms with Crippen molar-refractivity contribution in [1.29, 1.82) is 0 Å². The topological polar surface area (TPSA) is 143 Å². The molecular formula is C11H7N5O6. The highest BCUT2D eigenvalue weighted by Crippen LogP contribution is 2.26. The van der Waals surface area contributed by atoms with E-state index in [9.17, 15) is 20.2 Å². The molecule has 3 aromatic heterocycles. The van der Waals surface area contributed by atoms with Crippen LogP contribution in [-0.4, -0.2) is 24.6 Å². The molecule has 11 nitrogen and oxygen atoms in total. The minimum Gasteiger partial charge on any atom is -0.399 e. The van der Waals surface area contributed by atoms with Crippen molar-refractivity contribution in [2.45, 2.75) is 6.54 Å². The van der Waals surface area contributed by atoms with Crippen LogP contribution < -0.4 is 0 Å². The lowest BCUT2D eigenvalue weighted by Gasteiger charge is -1.97. The second-order valence-corrected chi connectivity index (χ2v) is 4.19. The molecular weight excluding hydrogens is 298 g/mol. The lowest BCUT2D eigenvalue weighted by Crippen LogP contribution is -2.03. The first kappa shape index (κ1) is 13.5. The van der Waals surface area contributed by atoms with E-state index in [1.807, 2.05) is 0 Å². The first-order valence-corrected chi connectivity index (χ1v) is 5.90. The summed E-state index contributed by atoms with van der Waals surface area (Å²) in [6.45, 7) is 0.0477. The van der Waals surface area contributed by atoms with Gasteiger partial charge < -0.3 is 19.1 Å². The van der Waals surface area contributed by atoms with Gasteiger partial charge >= 0.3 is 11.8 Å². The molecule has 0 atom stereocenters. The molecule has 0 amide bonds. The Bertz CT molecular complexity index is 847. The van der Waals surface area contributed by atoms with Crippen LogP contribution in [0.15, 0.2) is 39.5 Å². The van der Waals surface area contributed by atoms with Crippen LogP contribution in [0.3, 0.4) is 0 Å². The number of nitro groups is 2. The molecule has 3 aromatic rings. The minimum atomic E-state index is -0.667. The van der Waals surface area contributed by atoms with E-state index in [2.05, 4.69) is 10.1 Å². The third kappa shape index (κ3) is 2.42. The molecule has 0 fully saturated rings. The SMILES string of the molecule is O=[N+]([O-])c1ccc(-c2cc(Cn3ccnc3[N+](=O)[O-])on2)o1. The van der Waals surface area contributed by atoms with E-state index >= 15 is 0 Å². The lowest BCUT2D eigenvalue weighted by molar-refractivity contribution is -0.401. The maximum atomic E-state index is 10.8. The van der Waals surface area contributed by atoms with Gasteiger partial charge in [0.05, 0.1) is 6.07 Å². The average Bonchev–Trinajstić information content (AvgIpc) is 3.18. The fraction of sp³-hybridized carbons (Fsp3) is 0.0909. The van der Waals surface area contributed by atoms with E-state index in [0.29, 0.717) is 5.76 Å². The molecule has 0 aliphatic rings. The number of hydrogen-bond acceptors (Lipinski definition) is 8. The molecule has 3 rings (SSSR count). The van der Waals surface area contributed by atoms with Gasteiger partial charge in [-0.05, 0) is 11.0 Å². The van der Waals surface area contributed by atoms with Gasteiger partial charge in [-0.3, -0.25) is 10.1 Å². The van der Waals surface area contributed by atoms with Crippen molar-refractivity contribution in [3.63, 3.8) is 0 Å². The summed E-state index contributed by atoms with van der Waals surface area (Å²) >= 11 is 0. The molecule has 11 heteroatoms. The Morgan fingerprint density at radius 1 is 1.23 bits per heavy atom. The molecule has 0 aliphatic heterocycles. The second-order valence-electron chi connectivity index (χ2n) is 4.19. The third-order valence-corrected chi connectivity index (χ3v) is 2.77. The van der Waals surface area contributed by atoms with Crippen LogP contribution >= 0.6 is 0 Å². The van der Waals surface area contributed by atoms with Crippen LogP contribution in [0.2, 0.25) is 0 Å². The molecule has 0 saturated carbocycles. The summed E-state index contributed by atoms with van der Waals surface area (Å²) in [6, 6.07) is 4.07. The number of aromatic nitrogens is 3. The highest BCUT2D eigenvalue weighted by molar-refractivity contribution is 5.53. The number of hydrogen-bond donors (Lipinski definition) is 0. The zero-order valence-electron chi connectivity index (χ0n) is 10.8. The maximum absolute atomic E-state index is 10.8. The summed E-state index contributed by atoms with van der Waals surface area (Å²) in [5, 5.41) is 25.0. The monoisotopic (exact) mass is 305 g/mol. The smallest absolute Gasteiger partial charge is 0.399 e. The van der Waals surface area contributed by atoms with E-state index < -0.39 is 15.7 Å². The van der Waals surface area contributed by atoms with E-state index in [0.717, 1.165) is 0 Å². The van der Waals surface area contributed by atoms with Gasteiger partial charge in [-0.25, -0.2) is 4.57 Å². The molecule has 0 N–H and O–H groups in total. The Morgan fingerprint density at radius 2 is 2.05 bits per heavy atom. The fourth-order valence-electron chi connectivity index (χ4n) is 1.83. The van der Waals surface area contributed by atoms with Gasteiger partial charge in [-0.15, -0.1) is 0 Å². The molecule has 0 bridgehead atoms. The number of furan rings is 1. The van der Waals surface area contributed by atoms with Crippen molar-refractivity contribution in [3.8, 4) is 11.5 Å². The number of nitrogens with zero attached hydrogens (tertiary/aromatic N) is 5. The van der Waals surface area contributed by atoms with Crippen LogP contribution in [0.5, 0.6) is 0 Å². The van der Waals surface area contributed by atoms with E-state index in [1.54, 1.807) is 0 Å². The summed E-state index contributed by atoms with van der Waals surface area (Å²) in [6.07, 6.45) is 2.73. The standard InChI is InChI=1S/C11H7N5O6/c17-15(18)10-2-1-9(21-10)8-5-7(22-13-8)6-14-4-3-12-11(14)16(19)20/h1-5H,6H2. The molecule has 3 heterocycles. The highest BCUT2D eigenvalue weighted by Gasteiger charge is 2.19. The minimum absolute atomic E-state index is 0.0477. The Kier molecular flexibility index (Phi) is 3.14. The van der Waals surface area contributed by atoms with Gasteiger partial charge in [0.2, 0.25) is 0 Å².